The van der Waals surface area contributed by atoms with Crippen LogP contribution in [0, 0.1) is 6.92 Å². The average molecular weight is 402 g/mol. The van der Waals surface area contributed by atoms with E-state index >= 15 is 0 Å². The summed E-state index contributed by atoms with van der Waals surface area (Å²) in [4.78, 5) is 13.3. The summed E-state index contributed by atoms with van der Waals surface area (Å²) in [6, 6.07) is 21.9. The minimum absolute atomic E-state index is 0.148. The molecule has 0 aromatic heterocycles. The van der Waals surface area contributed by atoms with Gasteiger partial charge in [-0.25, -0.2) is 0 Å². The van der Waals surface area contributed by atoms with Crippen molar-refractivity contribution in [2.24, 2.45) is 0 Å². The van der Waals surface area contributed by atoms with Crippen molar-refractivity contribution >= 4 is 11.6 Å². The molecule has 30 heavy (non-hydrogen) atoms. The van der Waals surface area contributed by atoms with Gasteiger partial charge in [-0.1, -0.05) is 87.9 Å². The zero-order chi connectivity index (χ0) is 21.7. The normalized spacial score (nSPS) is 11.0. The average Bonchev–Trinajstić information content (AvgIpc) is 2.72. The number of para-hydroxylation sites is 2. The van der Waals surface area contributed by atoms with Crippen molar-refractivity contribution in [1.29, 1.82) is 0 Å². The van der Waals surface area contributed by atoms with Crippen LogP contribution in [0.5, 0.6) is 5.75 Å². The molecule has 156 valence electrons. The Bertz CT molecular complexity index is 995. The molecule has 0 unspecified atom stereocenters. The number of ether oxygens (including phenoxy) is 1. The van der Waals surface area contributed by atoms with Gasteiger partial charge in [-0.15, -0.1) is 0 Å². The number of anilines is 1. The second kappa shape index (κ2) is 9.62. The highest BCUT2D eigenvalue weighted by Gasteiger charge is 2.19. The van der Waals surface area contributed by atoms with Crippen molar-refractivity contribution in [3.05, 3.63) is 94.5 Å². The summed E-state index contributed by atoms with van der Waals surface area (Å²) in [5, 5.41) is 3.19. The van der Waals surface area contributed by atoms with E-state index in [9.17, 15) is 4.79 Å². The molecule has 0 saturated carbocycles. The van der Waals surface area contributed by atoms with Crippen molar-refractivity contribution in [3.63, 3.8) is 0 Å². The predicted octanol–water partition coefficient (Wildman–Crippen LogP) is 7.07. The van der Waals surface area contributed by atoms with Gasteiger partial charge in [0, 0.05) is 5.69 Å². The summed E-state index contributed by atoms with van der Waals surface area (Å²) >= 11 is 0. The Morgan fingerprint density at radius 2 is 1.50 bits per heavy atom. The van der Waals surface area contributed by atoms with Crippen molar-refractivity contribution < 1.29 is 9.53 Å². The maximum atomic E-state index is 13.3. The minimum atomic E-state index is -0.148. The van der Waals surface area contributed by atoms with Crippen LogP contribution in [0.4, 0.5) is 5.69 Å². The van der Waals surface area contributed by atoms with E-state index in [-0.39, 0.29) is 5.91 Å². The number of rotatable bonds is 7. The lowest BCUT2D eigenvalue weighted by atomic mass is 9.92. The van der Waals surface area contributed by atoms with E-state index < -0.39 is 0 Å². The number of hydrogen-bond acceptors (Lipinski definition) is 2. The van der Waals surface area contributed by atoms with Gasteiger partial charge in [0.1, 0.15) is 12.4 Å². The second-order valence-corrected chi connectivity index (χ2v) is 8.35. The van der Waals surface area contributed by atoms with Gasteiger partial charge in [-0.05, 0) is 47.6 Å². The summed E-state index contributed by atoms with van der Waals surface area (Å²) in [7, 11) is 0. The standard InChI is InChI=1S/C27H31NO2/c1-18(2)22-13-9-14-23(19(3)4)26(22)28-27(29)24-12-6-7-15-25(24)30-17-21-11-8-10-20(5)16-21/h6-16,18-19H,17H2,1-5H3,(H,28,29). The summed E-state index contributed by atoms with van der Waals surface area (Å²) in [5.41, 5.74) is 6.02. The smallest absolute Gasteiger partial charge is 0.259 e. The van der Waals surface area contributed by atoms with Crippen LogP contribution in [0.15, 0.2) is 66.7 Å². The van der Waals surface area contributed by atoms with E-state index in [1.807, 2.05) is 36.4 Å². The molecule has 3 heteroatoms. The third-order valence-electron chi connectivity index (χ3n) is 5.22. The molecule has 0 aliphatic carbocycles. The van der Waals surface area contributed by atoms with Crippen LogP contribution in [-0.4, -0.2) is 5.91 Å². The molecule has 0 aliphatic rings. The maximum absolute atomic E-state index is 13.3. The first-order chi connectivity index (χ1) is 14.4. The zero-order valence-electron chi connectivity index (χ0n) is 18.5. The Balaban J connectivity index is 1.87. The van der Waals surface area contributed by atoms with Gasteiger partial charge < -0.3 is 10.1 Å². The lowest BCUT2D eigenvalue weighted by Gasteiger charge is -2.21. The first-order valence-corrected chi connectivity index (χ1v) is 10.6. The number of nitrogens with one attached hydrogen (secondary N) is 1. The molecular formula is C27H31NO2. The van der Waals surface area contributed by atoms with Crippen LogP contribution in [0.25, 0.3) is 0 Å². The molecule has 0 aliphatic heterocycles. The van der Waals surface area contributed by atoms with Crippen LogP contribution >= 0.6 is 0 Å². The van der Waals surface area contributed by atoms with Gasteiger partial charge in [-0.2, -0.15) is 0 Å². The van der Waals surface area contributed by atoms with E-state index in [0.29, 0.717) is 29.8 Å². The zero-order valence-corrected chi connectivity index (χ0v) is 18.5. The maximum Gasteiger partial charge on any atom is 0.259 e. The molecule has 3 aromatic rings. The molecule has 3 rings (SSSR count). The van der Waals surface area contributed by atoms with Gasteiger partial charge in [0.15, 0.2) is 0 Å². The van der Waals surface area contributed by atoms with E-state index in [2.05, 4.69) is 70.3 Å². The number of benzene rings is 3. The van der Waals surface area contributed by atoms with E-state index in [1.165, 1.54) is 5.56 Å². The molecule has 0 fully saturated rings. The minimum Gasteiger partial charge on any atom is -0.488 e. The third-order valence-corrected chi connectivity index (χ3v) is 5.22. The van der Waals surface area contributed by atoms with E-state index in [4.69, 9.17) is 4.74 Å². The molecule has 3 aromatic carbocycles. The number of carbonyl (C=O) groups excluding carboxylic acids is 1. The Morgan fingerprint density at radius 1 is 0.867 bits per heavy atom. The first kappa shape index (κ1) is 21.6. The molecule has 3 nitrogen and oxygen atoms in total. The number of hydrogen-bond donors (Lipinski definition) is 1. The van der Waals surface area contributed by atoms with E-state index in [0.717, 1.165) is 22.4 Å². The monoisotopic (exact) mass is 401 g/mol. The highest BCUT2D eigenvalue weighted by Crippen LogP contribution is 2.33. The van der Waals surface area contributed by atoms with Crippen LogP contribution in [0.3, 0.4) is 0 Å². The Morgan fingerprint density at radius 3 is 2.13 bits per heavy atom. The lowest BCUT2D eigenvalue weighted by Crippen LogP contribution is -2.17. The van der Waals surface area contributed by atoms with Gasteiger partial charge in [-0.3, -0.25) is 4.79 Å². The molecule has 0 saturated heterocycles. The largest absolute Gasteiger partial charge is 0.488 e. The SMILES string of the molecule is Cc1cccc(COc2ccccc2C(=O)Nc2c(C(C)C)cccc2C(C)C)c1. The number of amides is 1. The Hall–Kier alpha value is -3.07. The van der Waals surface area contributed by atoms with Crippen LogP contribution < -0.4 is 10.1 Å². The van der Waals surface area contributed by atoms with Gasteiger partial charge in [0.05, 0.1) is 5.56 Å². The van der Waals surface area contributed by atoms with Crippen molar-refractivity contribution in [3.8, 4) is 5.75 Å². The topological polar surface area (TPSA) is 38.3 Å². The summed E-state index contributed by atoms with van der Waals surface area (Å²) in [6.07, 6.45) is 0. The van der Waals surface area contributed by atoms with Crippen molar-refractivity contribution in [2.45, 2.75) is 53.1 Å². The Kier molecular flexibility index (Phi) is 6.94. The molecule has 0 heterocycles. The van der Waals surface area contributed by atoms with Crippen LogP contribution in [0.1, 0.15) is 72.1 Å². The quantitative estimate of drug-likeness (QED) is 0.459. The summed E-state index contributed by atoms with van der Waals surface area (Å²) < 4.78 is 6.03. The Labute approximate surface area is 180 Å². The van der Waals surface area contributed by atoms with Crippen LogP contribution in [0.2, 0.25) is 0 Å². The van der Waals surface area contributed by atoms with Crippen molar-refractivity contribution in [2.75, 3.05) is 5.32 Å². The summed E-state index contributed by atoms with van der Waals surface area (Å²) in [6.45, 7) is 11.1. The second-order valence-electron chi connectivity index (χ2n) is 8.35. The fraction of sp³-hybridized carbons (Fsp3) is 0.296. The van der Waals surface area contributed by atoms with Gasteiger partial charge in [0.25, 0.3) is 5.91 Å². The molecule has 0 spiro atoms. The fourth-order valence-electron chi connectivity index (χ4n) is 3.62. The van der Waals surface area contributed by atoms with Gasteiger partial charge >= 0.3 is 0 Å². The van der Waals surface area contributed by atoms with Gasteiger partial charge in [0.2, 0.25) is 0 Å². The highest BCUT2D eigenvalue weighted by molar-refractivity contribution is 6.07. The molecule has 1 N–H and O–H groups in total. The highest BCUT2D eigenvalue weighted by atomic mass is 16.5. The fourth-order valence-corrected chi connectivity index (χ4v) is 3.62. The third kappa shape index (κ3) is 5.10. The predicted molar refractivity (Wildman–Crippen MR) is 125 cm³/mol. The van der Waals surface area contributed by atoms with Crippen molar-refractivity contribution in [1.82, 2.24) is 0 Å². The molecule has 0 radical (unpaired) electrons. The molecule has 0 atom stereocenters. The molecular weight excluding hydrogens is 370 g/mol. The lowest BCUT2D eigenvalue weighted by molar-refractivity contribution is 0.102. The van der Waals surface area contributed by atoms with E-state index in [1.54, 1.807) is 0 Å². The first-order valence-electron chi connectivity index (χ1n) is 10.6. The molecule has 1 amide bonds. The summed E-state index contributed by atoms with van der Waals surface area (Å²) in [5.74, 6) is 1.06. The number of carbonyl (C=O) groups is 1. The molecule has 0 bridgehead atoms. The number of aryl methyl sites for hydroxylation is 1. The van der Waals surface area contributed by atoms with Crippen LogP contribution in [-0.2, 0) is 6.61 Å².